The van der Waals surface area contributed by atoms with Gasteiger partial charge in [0.25, 0.3) is 0 Å². The molecule has 0 bridgehead atoms. The van der Waals surface area contributed by atoms with Crippen molar-refractivity contribution in [2.75, 3.05) is 26.6 Å². The number of nitrogens with one attached hydrogen (secondary N) is 1. The number of benzene rings is 3. The summed E-state index contributed by atoms with van der Waals surface area (Å²) in [4.78, 5) is 25.8. The predicted octanol–water partition coefficient (Wildman–Crippen LogP) is 6.44. The molecule has 0 aromatic heterocycles. The second-order valence-electron chi connectivity index (χ2n) is 9.93. The predicted molar refractivity (Wildman–Crippen MR) is 157 cm³/mol. The molecule has 3 aromatic carbocycles. The number of ether oxygens (including phenoxy) is 3. The minimum atomic E-state index is -0.341. The molecule has 210 valence electrons. The monoisotopic (exact) mass is 563 g/mol. The van der Waals surface area contributed by atoms with Crippen LogP contribution in [-0.4, -0.2) is 43.9 Å². The molecule has 3 aromatic rings. The van der Waals surface area contributed by atoms with Gasteiger partial charge in [-0.3, -0.25) is 9.59 Å². The molecule has 0 spiro atoms. The molecule has 1 N–H and O–H groups in total. The van der Waals surface area contributed by atoms with Crippen LogP contribution in [-0.2, 0) is 9.59 Å². The van der Waals surface area contributed by atoms with Gasteiger partial charge in [-0.05, 0) is 59.0 Å². The maximum Gasteiger partial charge on any atom is 0.240 e. The maximum absolute atomic E-state index is 13.2. The molecule has 4 rings (SSSR count). The summed E-state index contributed by atoms with van der Waals surface area (Å²) >= 11 is 6.04. The summed E-state index contributed by atoms with van der Waals surface area (Å²) in [6.45, 7) is 5.53. The van der Waals surface area contributed by atoms with Crippen LogP contribution in [0.1, 0.15) is 55.8 Å². The Hall–Kier alpha value is -4.04. The van der Waals surface area contributed by atoms with E-state index in [4.69, 9.17) is 25.8 Å². The third-order valence-corrected chi connectivity index (χ3v) is 7.22. The lowest BCUT2D eigenvalue weighted by molar-refractivity contribution is -0.130. The Kier molecular flexibility index (Phi) is 9.00. The smallest absolute Gasteiger partial charge is 0.240 e. The summed E-state index contributed by atoms with van der Waals surface area (Å²) < 4.78 is 16.5. The number of hydrogen-bond acceptors (Lipinski definition) is 6. The van der Waals surface area contributed by atoms with E-state index in [1.165, 1.54) is 11.9 Å². The van der Waals surface area contributed by atoms with Gasteiger partial charge in [-0.2, -0.15) is 5.10 Å². The van der Waals surface area contributed by atoms with E-state index in [-0.39, 0.29) is 29.7 Å². The topological polar surface area (TPSA) is 89.5 Å². The Morgan fingerprint density at radius 2 is 1.55 bits per heavy atom. The van der Waals surface area contributed by atoms with Crippen molar-refractivity contribution in [2.45, 2.75) is 39.2 Å². The number of amides is 2. The second-order valence-corrected chi connectivity index (χ2v) is 10.4. The Morgan fingerprint density at radius 3 is 2.05 bits per heavy atom. The Bertz CT molecular complexity index is 1380. The van der Waals surface area contributed by atoms with Crippen molar-refractivity contribution in [3.8, 4) is 17.2 Å². The Morgan fingerprint density at radius 1 is 0.950 bits per heavy atom. The van der Waals surface area contributed by atoms with Gasteiger partial charge in [-0.1, -0.05) is 49.7 Å². The average molecular weight is 564 g/mol. The molecule has 8 nitrogen and oxygen atoms in total. The molecule has 0 radical (unpaired) electrons. The van der Waals surface area contributed by atoms with E-state index in [1.54, 1.807) is 33.5 Å². The molecule has 2 unspecified atom stereocenters. The Balaban J connectivity index is 1.54. The molecule has 40 heavy (non-hydrogen) atoms. The van der Waals surface area contributed by atoms with E-state index >= 15 is 0 Å². The fraction of sp³-hybridized carbons (Fsp3) is 0.323. The highest BCUT2D eigenvalue weighted by Gasteiger charge is 2.33. The van der Waals surface area contributed by atoms with Gasteiger partial charge in [0.1, 0.15) is 0 Å². The summed E-state index contributed by atoms with van der Waals surface area (Å²) in [7, 11) is 4.66. The number of hydrazone groups is 1. The van der Waals surface area contributed by atoms with Crippen LogP contribution in [0.3, 0.4) is 0 Å². The molecule has 2 amide bonds. The minimum absolute atomic E-state index is 0.0894. The largest absolute Gasteiger partial charge is 0.493 e. The van der Waals surface area contributed by atoms with Crippen molar-refractivity contribution >= 4 is 34.8 Å². The van der Waals surface area contributed by atoms with Crippen LogP contribution in [0.4, 0.5) is 5.69 Å². The van der Waals surface area contributed by atoms with Gasteiger partial charge in [0.15, 0.2) is 11.5 Å². The van der Waals surface area contributed by atoms with Gasteiger partial charge in [-0.25, -0.2) is 5.01 Å². The molecule has 0 aliphatic carbocycles. The third kappa shape index (κ3) is 6.07. The van der Waals surface area contributed by atoms with Crippen molar-refractivity contribution in [3.05, 3.63) is 82.4 Å². The first-order valence-corrected chi connectivity index (χ1v) is 13.4. The molecule has 1 heterocycles. The molecule has 0 saturated carbocycles. The number of halogens is 1. The molecule has 9 heteroatoms. The first kappa shape index (κ1) is 29.0. The van der Waals surface area contributed by atoms with Crippen LogP contribution in [0.15, 0.2) is 65.8 Å². The fourth-order valence-electron chi connectivity index (χ4n) is 5.00. The first-order valence-electron chi connectivity index (χ1n) is 13.0. The second kappa shape index (κ2) is 12.4. The highest BCUT2D eigenvalue weighted by molar-refractivity contribution is 6.30. The van der Waals surface area contributed by atoms with Crippen molar-refractivity contribution in [3.63, 3.8) is 0 Å². The SMILES string of the molecule is COc1cc(C2CC(c3ccc(NC(=O)C(c4ccc(Cl)cc4)C(C)C)cc3)=NN2C(C)=O)cc(OC)c1OC. The van der Waals surface area contributed by atoms with Crippen LogP contribution >= 0.6 is 11.6 Å². The van der Waals surface area contributed by atoms with Gasteiger partial charge in [0, 0.05) is 24.1 Å². The lowest BCUT2D eigenvalue weighted by Crippen LogP contribution is -2.25. The van der Waals surface area contributed by atoms with E-state index < -0.39 is 0 Å². The number of carbonyl (C=O) groups excluding carboxylic acids is 2. The van der Waals surface area contributed by atoms with Crippen LogP contribution in [0.5, 0.6) is 17.2 Å². The molecular formula is C31H34ClN3O5. The van der Waals surface area contributed by atoms with Gasteiger partial charge >= 0.3 is 0 Å². The van der Waals surface area contributed by atoms with Gasteiger partial charge in [-0.15, -0.1) is 0 Å². The van der Waals surface area contributed by atoms with Crippen molar-refractivity contribution in [2.24, 2.45) is 11.0 Å². The van der Waals surface area contributed by atoms with Crippen molar-refractivity contribution < 1.29 is 23.8 Å². The highest BCUT2D eigenvalue weighted by atomic mass is 35.5. The highest BCUT2D eigenvalue weighted by Crippen LogP contribution is 2.43. The lowest BCUT2D eigenvalue weighted by Gasteiger charge is -2.22. The van der Waals surface area contributed by atoms with E-state index in [0.29, 0.717) is 34.4 Å². The number of carbonyl (C=O) groups is 2. The quantitative estimate of drug-likeness (QED) is 0.323. The molecule has 1 aliphatic rings. The molecule has 0 saturated heterocycles. The normalized spacial score (nSPS) is 15.4. The average Bonchev–Trinajstić information content (AvgIpc) is 3.39. The first-order chi connectivity index (χ1) is 19.2. The summed E-state index contributed by atoms with van der Waals surface area (Å²) in [6.07, 6.45) is 0.496. The molecule has 0 fully saturated rings. The molecule has 1 aliphatic heterocycles. The van der Waals surface area contributed by atoms with Crippen LogP contribution in [0.2, 0.25) is 5.02 Å². The zero-order chi connectivity index (χ0) is 29.0. The third-order valence-electron chi connectivity index (χ3n) is 6.97. The van der Waals surface area contributed by atoms with E-state index in [9.17, 15) is 9.59 Å². The van der Waals surface area contributed by atoms with Gasteiger partial charge in [0.05, 0.1) is 39.0 Å². The van der Waals surface area contributed by atoms with Crippen molar-refractivity contribution in [1.29, 1.82) is 0 Å². The maximum atomic E-state index is 13.2. The molecule has 2 atom stereocenters. The number of anilines is 1. The number of nitrogens with zero attached hydrogens (tertiary/aromatic N) is 2. The van der Waals surface area contributed by atoms with Crippen LogP contribution in [0.25, 0.3) is 0 Å². The standard InChI is InChI=1S/C31H34ClN3O5/c1-18(2)29(21-7-11-23(32)12-8-21)31(37)33-24-13-9-20(10-14-24)25-17-26(35(34-25)19(3)36)22-15-27(38-4)30(40-6)28(16-22)39-5/h7-16,18,26,29H,17H2,1-6H3,(H,33,37). The lowest BCUT2D eigenvalue weighted by atomic mass is 9.87. The summed E-state index contributed by atoms with van der Waals surface area (Å²) in [5.74, 6) is 1.00. The summed E-state index contributed by atoms with van der Waals surface area (Å²) in [5, 5.41) is 9.79. The number of methoxy groups -OCH3 is 3. The summed E-state index contributed by atoms with van der Waals surface area (Å²) in [6, 6.07) is 18.2. The van der Waals surface area contributed by atoms with Gasteiger partial charge < -0.3 is 19.5 Å². The van der Waals surface area contributed by atoms with E-state index in [2.05, 4.69) is 10.4 Å². The van der Waals surface area contributed by atoms with Gasteiger partial charge in [0.2, 0.25) is 17.6 Å². The van der Waals surface area contributed by atoms with Crippen LogP contribution < -0.4 is 19.5 Å². The van der Waals surface area contributed by atoms with Crippen LogP contribution in [0, 0.1) is 5.92 Å². The zero-order valence-electron chi connectivity index (χ0n) is 23.5. The zero-order valence-corrected chi connectivity index (χ0v) is 24.3. The fourth-order valence-corrected chi connectivity index (χ4v) is 5.13. The Labute approximate surface area is 239 Å². The van der Waals surface area contributed by atoms with E-state index in [1.807, 2.05) is 62.4 Å². The van der Waals surface area contributed by atoms with Crippen molar-refractivity contribution in [1.82, 2.24) is 5.01 Å². The van der Waals surface area contributed by atoms with E-state index in [0.717, 1.165) is 22.4 Å². The minimum Gasteiger partial charge on any atom is -0.493 e. The number of hydrogen-bond donors (Lipinski definition) is 1. The molecular weight excluding hydrogens is 530 g/mol. The number of rotatable bonds is 9. The summed E-state index contributed by atoms with van der Waals surface area (Å²) in [5.41, 5.74) is 4.02.